The number of carbonyl (C=O) groups excluding carboxylic acids is 1. The van der Waals surface area contributed by atoms with E-state index in [1.54, 1.807) is 18.2 Å². The minimum absolute atomic E-state index is 0.276. The van der Waals surface area contributed by atoms with Crippen LogP contribution in [0.15, 0.2) is 23.6 Å². The summed E-state index contributed by atoms with van der Waals surface area (Å²) < 4.78 is 0. The quantitative estimate of drug-likeness (QED) is 0.763. The molecule has 0 aliphatic heterocycles. The Labute approximate surface area is 159 Å². The van der Waals surface area contributed by atoms with E-state index in [4.69, 9.17) is 23.2 Å². The number of aromatic nitrogens is 1. The van der Waals surface area contributed by atoms with Crippen molar-refractivity contribution in [3.05, 3.63) is 33.6 Å². The molecule has 0 bridgehead atoms. The summed E-state index contributed by atoms with van der Waals surface area (Å²) in [4.78, 5) is 28.2. The average molecular weight is 399 g/mol. The van der Waals surface area contributed by atoms with E-state index in [9.17, 15) is 14.7 Å². The molecular formula is C17H16Cl2N2O3S. The Bertz CT molecular complexity index is 809. The van der Waals surface area contributed by atoms with Gasteiger partial charge in [0.25, 0.3) is 0 Å². The van der Waals surface area contributed by atoms with Crippen LogP contribution in [0, 0.1) is 11.8 Å². The van der Waals surface area contributed by atoms with Crippen molar-refractivity contribution in [1.82, 2.24) is 4.98 Å². The molecule has 1 aromatic carbocycles. The van der Waals surface area contributed by atoms with Crippen molar-refractivity contribution in [1.29, 1.82) is 0 Å². The topological polar surface area (TPSA) is 79.3 Å². The molecule has 1 saturated carbocycles. The number of carbonyl (C=O) groups is 2. The predicted octanol–water partition coefficient (Wildman–Crippen LogP) is 4.95. The van der Waals surface area contributed by atoms with Crippen LogP contribution in [0.3, 0.4) is 0 Å². The standard InChI is InChI=1S/C17H16Cl2N2O3S/c18-12-6-5-9(7-13(12)19)14-8-25-17(20-14)21-15(22)10-3-1-2-4-11(10)16(23)24/h5-8,10-11H,1-4H2,(H,23,24)(H,20,21,22). The molecule has 5 nitrogen and oxygen atoms in total. The first-order valence-electron chi connectivity index (χ1n) is 7.90. The average Bonchev–Trinajstić information content (AvgIpc) is 3.05. The SMILES string of the molecule is O=C(O)C1CCCCC1C(=O)Nc1nc(-c2ccc(Cl)c(Cl)c2)cs1. The molecule has 3 rings (SSSR count). The first-order chi connectivity index (χ1) is 12.0. The second kappa shape index (κ2) is 7.72. The smallest absolute Gasteiger partial charge is 0.307 e. The van der Waals surface area contributed by atoms with E-state index in [0.29, 0.717) is 33.7 Å². The van der Waals surface area contributed by atoms with Crippen molar-refractivity contribution in [2.75, 3.05) is 5.32 Å². The molecule has 1 aliphatic carbocycles. The maximum Gasteiger partial charge on any atom is 0.307 e. The van der Waals surface area contributed by atoms with Gasteiger partial charge in [-0.05, 0) is 25.0 Å². The van der Waals surface area contributed by atoms with Crippen LogP contribution in [0.4, 0.5) is 5.13 Å². The number of halogens is 2. The van der Waals surface area contributed by atoms with Gasteiger partial charge in [-0.15, -0.1) is 11.3 Å². The van der Waals surface area contributed by atoms with Gasteiger partial charge in [0.15, 0.2) is 5.13 Å². The lowest BCUT2D eigenvalue weighted by molar-refractivity contribution is -0.147. The number of carboxylic acid groups (broad SMARTS) is 1. The summed E-state index contributed by atoms with van der Waals surface area (Å²) in [5, 5.41) is 15.2. The summed E-state index contributed by atoms with van der Waals surface area (Å²) in [6, 6.07) is 5.21. The van der Waals surface area contributed by atoms with Crippen LogP contribution in [-0.2, 0) is 9.59 Å². The highest BCUT2D eigenvalue weighted by molar-refractivity contribution is 7.14. The molecule has 2 aromatic rings. The van der Waals surface area contributed by atoms with E-state index in [1.807, 2.05) is 5.38 Å². The van der Waals surface area contributed by atoms with Crippen LogP contribution >= 0.6 is 34.5 Å². The van der Waals surface area contributed by atoms with Gasteiger partial charge in [-0.2, -0.15) is 0 Å². The van der Waals surface area contributed by atoms with Crippen molar-refractivity contribution in [2.45, 2.75) is 25.7 Å². The molecule has 0 saturated heterocycles. The molecule has 1 fully saturated rings. The fraction of sp³-hybridized carbons (Fsp3) is 0.353. The van der Waals surface area contributed by atoms with E-state index < -0.39 is 17.8 Å². The summed E-state index contributed by atoms with van der Waals surface area (Å²) in [7, 11) is 0. The summed E-state index contributed by atoms with van der Waals surface area (Å²) >= 11 is 13.2. The van der Waals surface area contributed by atoms with E-state index in [1.165, 1.54) is 11.3 Å². The molecule has 2 unspecified atom stereocenters. The van der Waals surface area contributed by atoms with E-state index in [0.717, 1.165) is 18.4 Å². The summed E-state index contributed by atoms with van der Waals surface area (Å²) in [5.74, 6) is -2.32. The van der Waals surface area contributed by atoms with Crippen LogP contribution in [0.1, 0.15) is 25.7 Å². The molecule has 2 atom stereocenters. The Hall–Kier alpha value is -1.63. The Morgan fingerprint density at radius 3 is 2.56 bits per heavy atom. The van der Waals surface area contributed by atoms with Crippen LogP contribution < -0.4 is 5.32 Å². The van der Waals surface area contributed by atoms with Gasteiger partial charge in [0.05, 0.1) is 27.6 Å². The van der Waals surface area contributed by atoms with Gasteiger partial charge in [0.2, 0.25) is 5.91 Å². The summed E-state index contributed by atoms with van der Waals surface area (Å²) in [5.41, 5.74) is 1.48. The lowest BCUT2D eigenvalue weighted by Gasteiger charge is -2.26. The van der Waals surface area contributed by atoms with Crippen LogP contribution in [0.5, 0.6) is 0 Å². The zero-order valence-electron chi connectivity index (χ0n) is 13.2. The van der Waals surface area contributed by atoms with Gasteiger partial charge in [0, 0.05) is 10.9 Å². The number of anilines is 1. The largest absolute Gasteiger partial charge is 0.481 e. The van der Waals surface area contributed by atoms with Gasteiger partial charge in [-0.3, -0.25) is 9.59 Å². The second-order valence-corrected chi connectivity index (χ2v) is 7.66. The Balaban J connectivity index is 1.73. The number of thiazole rings is 1. The third kappa shape index (κ3) is 4.14. The number of hydrogen-bond donors (Lipinski definition) is 2. The minimum atomic E-state index is -0.907. The Morgan fingerprint density at radius 2 is 1.88 bits per heavy atom. The number of carboxylic acids is 1. The number of benzene rings is 1. The summed E-state index contributed by atoms with van der Waals surface area (Å²) in [6.45, 7) is 0. The van der Waals surface area contributed by atoms with Crippen LogP contribution in [0.25, 0.3) is 11.3 Å². The maximum atomic E-state index is 12.5. The zero-order chi connectivity index (χ0) is 18.0. The molecule has 1 aliphatic rings. The molecule has 25 heavy (non-hydrogen) atoms. The highest BCUT2D eigenvalue weighted by Crippen LogP contribution is 2.33. The van der Waals surface area contributed by atoms with Crippen molar-refractivity contribution >= 4 is 51.5 Å². The second-order valence-electron chi connectivity index (χ2n) is 5.99. The molecular weight excluding hydrogens is 383 g/mol. The molecule has 0 radical (unpaired) electrons. The number of nitrogens with zero attached hydrogens (tertiary/aromatic N) is 1. The van der Waals surface area contributed by atoms with E-state index >= 15 is 0 Å². The zero-order valence-corrected chi connectivity index (χ0v) is 15.5. The molecule has 8 heteroatoms. The number of amides is 1. The van der Waals surface area contributed by atoms with Gasteiger partial charge in [-0.25, -0.2) is 4.98 Å². The van der Waals surface area contributed by atoms with Gasteiger partial charge >= 0.3 is 5.97 Å². The third-order valence-corrected chi connectivity index (χ3v) is 5.87. The number of aliphatic carboxylic acids is 1. The van der Waals surface area contributed by atoms with Crippen molar-refractivity contribution in [2.24, 2.45) is 11.8 Å². The van der Waals surface area contributed by atoms with E-state index in [2.05, 4.69) is 10.3 Å². The molecule has 132 valence electrons. The van der Waals surface area contributed by atoms with Crippen molar-refractivity contribution < 1.29 is 14.7 Å². The van der Waals surface area contributed by atoms with Crippen molar-refractivity contribution in [3.63, 3.8) is 0 Å². The monoisotopic (exact) mass is 398 g/mol. The molecule has 2 N–H and O–H groups in total. The van der Waals surface area contributed by atoms with Gasteiger partial charge in [0.1, 0.15) is 0 Å². The third-order valence-electron chi connectivity index (χ3n) is 4.37. The number of nitrogens with one attached hydrogen (secondary N) is 1. The number of rotatable bonds is 4. The van der Waals surface area contributed by atoms with Gasteiger partial charge in [-0.1, -0.05) is 42.1 Å². The molecule has 1 heterocycles. The van der Waals surface area contributed by atoms with Gasteiger partial charge < -0.3 is 10.4 Å². The van der Waals surface area contributed by atoms with E-state index in [-0.39, 0.29) is 5.91 Å². The maximum absolute atomic E-state index is 12.5. The molecule has 1 amide bonds. The minimum Gasteiger partial charge on any atom is -0.481 e. The summed E-state index contributed by atoms with van der Waals surface area (Å²) in [6.07, 6.45) is 2.85. The lowest BCUT2D eigenvalue weighted by Crippen LogP contribution is -2.36. The fourth-order valence-electron chi connectivity index (χ4n) is 3.06. The molecule has 0 spiro atoms. The first kappa shape index (κ1) is 18.2. The lowest BCUT2D eigenvalue weighted by atomic mass is 9.79. The number of hydrogen-bond acceptors (Lipinski definition) is 4. The Morgan fingerprint density at radius 1 is 1.16 bits per heavy atom. The fourth-order valence-corrected chi connectivity index (χ4v) is 4.08. The highest BCUT2D eigenvalue weighted by Gasteiger charge is 2.35. The normalized spacial score (nSPS) is 20.2. The van der Waals surface area contributed by atoms with Crippen LogP contribution in [-0.4, -0.2) is 22.0 Å². The molecule has 1 aromatic heterocycles. The Kier molecular flexibility index (Phi) is 5.61. The van der Waals surface area contributed by atoms with Crippen LogP contribution in [0.2, 0.25) is 10.0 Å². The van der Waals surface area contributed by atoms with Crippen molar-refractivity contribution in [3.8, 4) is 11.3 Å². The predicted molar refractivity (Wildman–Crippen MR) is 99.3 cm³/mol. The first-order valence-corrected chi connectivity index (χ1v) is 9.54. The highest BCUT2D eigenvalue weighted by atomic mass is 35.5.